The molecule has 9 amide bonds. The molecule has 6 rings (SSSR count). The second-order valence-electron chi connectivity index (χ2n) is 22.7. The molecule has 0 fully saturated rings. The number of aromatic amines is 1. The molecule has 29 nitrogen and oxygen atoms in total. The van der Waals surface area contributed by atoms with E-state index in [0.717, 1.165) is 35.0 Å². The van der Waals surface area contributed by atoms with Gasteiger partial charge in [0.2, 0.25) is 57.3 Å². The highest BCUT2D eigenvalue weighted by atomic mass is 32.2. The molecule has 1 aromatic heterocycles. The van der Waals surface area contributed by atoms with Gasteiger partial charge in [-0.1, -0.05) is 67.1 Å². The first kappa shape index (κ1) is 75.2. The molecule has 0 radical (unpaired) electrons. The number of hydrogen-bond donors (Lipinski definition) is 14. The van der Waals surface area contributed by atoms with Crippen molar-refractivity contribution in [3.05, 3.63) is 144 Å². The zero-order chi connectivity index (χ0) is 70.6. The molecular weight excluding hydrogens is 1290 g/mol. The molecule has 0 aliphatic carbocycles. The van der Waals surface area contributed by atoms with Crippen LogP contribution in [0.2, 0.25) is 0 Å². The first-order valence-corrected chi connectivity index (χ1v) is 32.5. The first-order valence-electron chi connectivity index (χ1n) is 31.0. The van der Waals surface area contributed by atoms with Crippen LogP contribution in [0.3, 0.4) is 0 Å². The quantitative estimate of drug-likeness (QED) is 0.0244. The van der Waals surface area contributed by atoms with Crippen molar-refractivity contribution < 1.29 is 90.4 Å². The van der Waals surface area contributed by atoms with Gasteiger partial charge in [0.1, 0.15) is 47.8 Å². The molecule has 1 heterocycles. The number of nitrogens with one attached hydrogen (secondary N) is 10. The van der Waals surface area contributed by atoms with Gasteiger partial charge in [0, 0.05) is 67.9 Å². The molecule has 518 valence electrons. The number of unbranched alkanes of at least 4 members (excludes halogenated alkanes) is 3. The fourth-order valence-corrected chi connectivity index (χ4v) is 11.4. The van der Waals surface area contributed by atoms with E-state index in [1.165, 1.54) is 31.4 Å². The normalized spacial score (nSPS) is 13.1. The zero-order valence-corrected chi connectivity index (χ0v) is 53.7. The van der Waals surface area contributed by atoms with Crippen LogP contribution in [0, 0.1) is 5.82 Å². The lowest BCUT2D eigenvalue weighted by Gasteiger charge is -2.26. The van der Waals surface area contributed by atoms with E-state index in [0.29, 0.717) is 60.7 Å². The highest BCUT2D eigenvalue weighted by Crippen LogP contribution is 2.21. The van der Waals surface area contributed by atoms with Crippen molar-refractivity contribution in [2.75, 3.05) is 26.7 Å². The number of primary amides is 1. The third kappa shape index (κ3) is 24.8. The minimum Gasteiger partial charge on any atom is -0.497 e. The van der Waals surface area contributed by atoms with Crippen LogP contribution in [0.25, 0.3) is 21.7 Å². The second-order valence-corrected chi connectivity index (χ2v) is 24.4. The number of hydrogen-bond acceptors (Lipinski definition) is 15. The van der Waals surface area contributed by atoms with E-state index in [1.807, 2.05) is 35.1 Å². The number of fused-ring (bicyclic) bond motifs is 2. The number of ether oxygens (including phenoxy) is 1. The predicted octanol–water partition coefficient (Wildman–Crippen LogP) is 2.11. The molecule has 0 aliphatic heterocycles. The van der Waals surface area contributed by atoms with Crippen LogP contribution >= 0.6 is 0 Å². The molecule has 0 aliphatic rings. The van der Waals surface area contributed by atoms with Crippen molar-refractivity contribution in [2.45, 2.75) is 131 Å². The Morgan fingerprint density at radius 2 is 1.13 bits per heavy atom. The Hall–Kier alpha value is -10.8. The van der Waals surface area contributed by atoms with Gasteiger partial charge in [-0.25, -0.2) is 12.8 Å². The van der Waals surface area contributed by atoms with Gasteiger partial charge in [-0.3, -0.25) is 57.5 Å². The summed E-state index contributed by atoms with van der Waals surface area (Å²) in [4.78, 5) is 160. The number of para-hydroxylation sites is 1. The Labute approximate surface area is 556 Å². The summed E-state index contributed by atoms with van der Waals surface area (Å²) < 4.78 is 48.1. The van der Waals surface area contributed by atoms with Gasteiger partial charge < -0.3 is 73.3 Å². The van der Waals surface area contributed by atoms with Gasteiger partial charge in [0.05, 0.1) is 25.0 Å². The third-order valence-corrected chi connectivity index (χ3v) is 16.8. The molecule has 0 saturated heterocycles. The zero-order valence-electron chi connectivity index (χ0n) is 52.9. The summed E-state index contributed by atoms with van der Waals surface area (Å²) in [5, 5.41) is 51.4. The fourth-order valence-electron chi connectivity index (χ4n) is 10.2. The largest absolute Gasteiger partial charge is 0.497 e. The summed E-state index contributed by atoms with van der Waals surface area (Å²) in [7, 11) is -3.28. The lowest BCUT2D eigenvalue weighted by atomic mass is 10.0. The van der Waals surface area contributed by atoms with E-state index in [4.69, 9.17) is 10.5 Å². The monoisotopic (exact) mass is 1360 g/mol. The number of halogens is 1. The van der Waals surface area contributed by atoms with Crippen LogP contribution in [0.1, 0.15) is 98.5 Å². The highest BCUT2D eigenvalue weighted by molar-refractivity contribution is 7.89. The second kappa shape index (κ2) is 37.3. The van der Waals surface area contributed by atoms with Crippen LogP contribution in [-0.2, 0) is 75.6 Å². The van der Waals surface area contributed by atoms with Crippen molar-refractivity contribution in [1.82, 2.24) is 52.2 Å². The Morgan fingerprint density at radius 3 is 1.78 bits per heavy atom. The molecular formula is C66H78FN11O18S. The number of aliphatic carboxylic acids is 3. The lowest BCUT2D eigenvalue weighted by Crippen LogP contribution is -2.58. The summed E-state index contributed by atoms with van der Waals surface area (Å²) in [5.74, 6) is -12.8. The van der Waals surface area contributed by atoms with E-state index in [2.05, 4.69) is 47.5 Å². The van der Waals surface area contributed by atoms with Crippen LogP contribution in [0.5, 0.6) is 5.75 Å². The van der Waals surface area contributed by atoms with Gasteiger partial charge in [0.25, 0.3) is 5.91 Å². The van der Waals surface area contributed by atoms with Gasteiger partial charge in [-0.05, 0) is 121 Å². The molecule has 15 N–H and O–H groups in total. The summed E-state index contributed by atoms with van der Waals surface area (Å²) in [6, 6.07) is 20.1. The van der Waals surface area contributed by atoms with Gasteiger partial charge in [0.15, 0.2) is 0 Å². The molecule has 5 aromatic carbocycles. The van der Waals surface area contributed by atoms with E-state index in [1.54, 1.807) is 42.6 Å². The minimum atomic E-state index is -4.61. The number of carbonyl (C=O) groups excluding carboxylic acids is 9. The number of rotatable bonds is 41. The highest BCUT2D eigenvalue weighted by Gasteiger charge is 2.34. The minimum absolute atomic E-state index is 0.00520. The Balaban J connectivity index is 1.07. The summed E-state index contributed by atoms with van der Waals surface area (Å²) in [6.07, 6.45) is -0.464. The summed E-state index contributed by atoms with van der Waals surface area (Å²) in [5.41, 5.74) is 7.38. The van der Waals surface area contributed by atoms with Gasteiger partial charge in [-0.15, -0.1) is 0 Å². The number of amides is 9. The third-order valence-electron chi connectivity index (χ3n) is 15.3. The molecule has 0 saturated carbocycles. The number of methoxy groups -OCH3 is 1. The molecule has 6 atom stereocenters. The number of sulfonamides is 1. The van der Waals surface area contributed by atoms with Gasteiger partial charge in [-0.2, -0.15) is 4.72 Å². The fraction of sp³-hybridized carbons (Fsp3) is 0.364. The Kier molecular flexibility index (Phi) is 28.9. The van der Waals surface area contributed by atoms with E-state index >= 15 is 0 Å². The van der Waals surface area contributed by atoms with Crippen LogP contribution in [0.4, 0.5) is 4.39 Å². The Bertz CT molecular complexity index is 3930. The summed E-state index contributed by atoms with van der Waals surface area (Å²) in [6.45, 7) is -0.647. The van der Waals surface area contributed by atoms with Crippen LogP contribution in [-0.4, -0.2) is 163 Å². The number of benzene rings is 5. The van der Waals surface area contributed by atoms with E-state index in [9.17, 15) is 85.7 Å². The average molecular weight is 1360 g/mol. The first-order chi connectivity index (χ1) is 46.3. The number of nitrogens with two attached hydrogens (primary N) is 1. The van der Waals surface area contributed by atoms with Crippen molar-refractivity contribution >= 4 is 103 Å². The predicted molar refractivity (Wildman–Crippen MR) is 349 cm³/mol. The SMILES string of the molecule is COc1ccc(S(=O)(=O)N[C@H](CC(=O)O)C(=O)N[C@@H](CCC(=O)O)C(=O)NCC(=O)N[C@@H](Cc2cccc(F)c2)C(=O)N[C@@H](Cc2c[nH]c3ccccc23)C(=O)N[C@@H](CCC(=O)O)C(=O)NCCCCCC(=O)N[C@@H](CCCCNC(=O)c2ccc3ccccc3c2)C(N)=O)cc1. The van der Waals surface area contributed by atoms with Crippen molar-refractivity contribution in [3.63, 3.8) is 0 Å². The standard InChI is InChI=1S/C66H78FN11O18S/c1-96-45-22-24-46(25-23-45)97(94,95)78-54(36-59(85)86)66(93)76-51(27-29-58(83)84)63(90)72-38-56(80)74-52(33-39-12-11-15-44(67)32-39)64(91)77-53(35-43-37-71-48-17-7-6-16-47(43)48)65(92)75-50(26-28-57(81)82)62(89)70-30-9-2-3-19-55(79)73-49(60(68)87)18-8-10-31-69-61(88)42-21-20-40-13-4-5-14-41(40)34-42/h4-7,11-17,20-25,32,34,37,49-54,71,78H,2-3,8-10,18-19,26-31,33,35-36,38H2,1H3,(H2,68,87)(H,69,88)(H,70,89)(H,72,90)(H,73,79)(H,74,80)(H,75,92)(H,76,93)(H,77,91)(H,81,82)(H,83,84)(H,85,86)/t49-,50-,51-,52-,53-,54+/m0/s1. The van der Waals surface area contributed by atoms with Crippen molar-refractivity contribution in [2.24, 2.45) is 5.73 Å². The number of carboxylic acid groups (broad SMARTS) is 3. The number of H-pyrrole nitrogens is 1. The number of carbonyl (C=O) groups is 12. The van der Waals surface area contributed by atoms with Crippen LogP contribution < -0.4 is 57.7 Å². The van der Waals surface area contributed by atoms with E-state index < -0.39 is 167 Å². The topological polar surface area (TPSA) is 459 Å². The smallest absolute Gasteiger partial charge is 0.305 e. The molecule has 0 bridgehead atoms. The molecule has 6 aromatic rings. The van der Waals surface area contributed by atoms with Gasteiger partial charge >= 0.3 is 17.9 Å². The molecule has 0 spiro atoms. The Morgan fingerprint density at radius 1 is 0.536 bits per heavy atom. The molecule has 0 unspecified atom stereocenters. The molecule has 31 heteroatoms. The van der Waals surface area contributed by atoms with Crippen molar-refractivity contribution in [3.8, 4) is 5.75 Å². The summed E-state index contributed by atoms with van der Waals surface area (Å²) >= 11 is 0. The van der Waals surface area contributed by atoms with Crippen molar-refractivity contribution in [1.29, 1.82) is 0 Å². The van der Waals surface area contributed by atoms with E-state index in [-0.39, 0.29) is 43.0 Å². The number of aromatic nitrogens is 1. The number of carboxylic acids is 3. The maximum absolute atomic E-state index is 14.6. The maximum atomic E-state index is 14.6. The molecule has 97 heavy (non-hydrogen) atoms. The van der Waals surface area contributed by atoms with Crippen LogP contribution in [0.15, 0.2) is 126 Å². The maximum Gasteiger partial charge on any atom is 0.305 e. The average Bonchev–Trinajstić information content (AvgIpc) is 1.85. The lowest BCUT2D eigenvalue weighted by molar-refractivity contribution is -0.140.